The monoisotopic (exact) mass is 268 g/mol. The van der Waals surface area contributed by atoms with Crippen molar-refractivity contribution in [1.29, 1.82) is 0 Å². The quantitative estimate of drug-likeness (QED) is 0.576. The van der Waals surface area contributed by atoms with Crippen molar-refractivity contribution in [2.75, 3.05) is 7.11 Å². The van der Waals surface area contributed by atoms with E-state index in [0.717, 1.165) is 6.21 Å². The summed E-state index contributed by atoms with van der Waals surface area (Å²) in [4.78, 5) is 25.7. The maximum absolute atomic E-state index is 10.9. The number of rotatable bonds is 6. The molecular weight excluding hydrogens is 256 g/mol. The van der Waals surface area contributed by atoms with E-state index in [2.05, 4.69) is 14.7 Å². The Morgan fingerprint density at radius 3 is 2.37 bits per heavy atom. The summed E-state index contributed by atoms with van der Waals surface area (Å²) in [5.41, 5.74) is 4.84. The Bertz CT molecular complexity index is 471. The number of aliphatic carboxylic acids is 1. The number of oxime groups is 1. The first-order chi connectivity index (χ1) is 9.02. The minimum Gasteiger partial charge on any atom is -0.478 e. The van der Waals surface area contributed by atoms with E-state index in [4.69, 9.17) is 15.6 Å². The van der Waals surface area contributed by atoms with E-state index < -0.39 is 18.2 Å². The Labute approximate surface area is 108 Å². The van der Waals surface area contributed by atoms with Crippen LogP contribution in [0.4, 0.5) is 4.79 Å². The lowest BCUT2D eigenvalue weighted by Gasteiger charge is -2.10. The van der Waals surface area contributed by atoms with E-state index in [1.54, 1.807) is 0 Å². The molecule has 0 aromatic heterocycles. The summed E-state index contributed by atoms with van der Waals surface area (Å²) in [6.45, 7) is 0. The first-order valence-corrected chi connectivity index (χ1v) is 5.06. The molecule has 0 fully saturated rings. The Balaban J connectivity index is 2.72. The van der Waals surface area contributed by atoms with Crippen LogP contribution in [0.25, 0.3) is 0 Å². The number of carbonyl (C=O) groups excluding carboxylic acids is 1. The Hall–Kier alpha value is -2.77. The minimum atomic E-state index is -1.29. The summed E-state index contributed by atoms with van der Waals surface area (Å²) in [5, 5.41) is 12.2. The van der Waals surface area contributed by atoms with Crippen molar-refractivity contribution in [3.05, 3.63) is 24.3 Å². The number of carboxylic acids is 1. The predicted octanol–water partition coefficient (Wildman–Crippen LogP) is 0.608. The van der Waals surface area contributed by atoms with Gasteiger partial charge in [-0.15, -0.1) is 0 Å². The van der Waals surface area contributed by atoms with Crippen LogP contribution < -0.4 is 15.2 Å². The van der Waals surface area contributed by atoms with Crippen LogP contribution in [0.1, 0.15) is 0 Å². The Morgan fingerprint density at radius 2 is 1.89 bits per heavy atom. The number of carbonyl (C=O) groups is 2. The molecule has 0 bridgehead atoms. The van der Waals surface area contributed by atoms with Gasteiger partial charge in [0.15, 0.2) is 0 Å². The van der Waals surface area contributed by atoms with Gasteiger partial charge in [0.25, 0.3) is 0 Å². The van der Waals surface area contributed by atoms with Gasteiger partial charge in [0, 0.05) is 0 Å². The third kappa shape index (κ3) is 4.94. The molecule has 1 unspecified atom stereocenters. The average molecular weight is 268 g/mol. The highest BCUT2D eigenvalue weighted by molar-refractivity contribution is 5.91. The molecule has 0 saturated carbocycles. The number of hydrogen-bond donors (Lipinski definition) is 2. The van der Waals surface area contributed by atoms with Gasteiger partial charge in [0.1, 0.15) is 18.6 Å². The van der Waals surface area contributed by atoms with Gasteiger partial charge in [-0.3, -0.25) is 0 Å². The highest BCUT2D eigenvalue weighted by Gasteiger charge is 2.17. The number of ether oxygens (including phenoxy) is 2. The van der Waals surface area contributed by atoms with Gasteiger partial charge in [-0.2, -0.15) is 0 Å². The molecule has 1 aromatic rings. The topological polar surface area (TPSA) is 120 Å². The van der Waals surface area contributed by atoms with Gasteiger partial charge in [-0.1, -0.05) is 5.16 Å². The maximum Gasteiger partial charge on any atom is 0.409 e. The lowest BCUT2D eigenvalue weighted by atomic mass is 10.3. The highest BCUT2D eigenvalue weighted by atomic mass is 16.6. The fourth-order valence-corrected chi connectivity index (χ4v) is 1.11. The van der Waals surface area contributed by atoms with Crippen LogP contribution in [0.15, 0.2) is 29.4 Å². The molecule has 1 rings (SSSR count). The zero-order chi connectivity index (χ0) is 14.3. The minimum absolute atomic E-state index is 0.220. The lowest BCUT2D eigenvalue weighted by Crippen LogP contribution is -2.28. The Kier molecular flexibility index (Phi) is 5.15. The molecule has 0 aliphatic heterocycles. The molecule has 1 aromatic carbocycles. The van der Waals surface area contributed by atoms with Crippen molar-refractivity contribution in [2.45, 2.75) is 6.10 Å². The van der Waals surface area contributed by atoms with Crippen molar-refractivity contribution in [3.63, 3.8) is 0 Å². The predicted molar refractivity (Wildman–Crippen MR) is 64.2 cm³/mol. The van der Waals surface area contributed by atoms with Crippen molar-refractivity contribution in [1.82, 2.24) is 0 Å². The van der Waals surface area contributed by atoms with Crippen molar-refractivity contribution < 1.29 is 29.0 Å². The van der Waals surface area contributed by atoms with Crippen LogP contribution in [-0.2, 0) is 9.63 Å². The zero-order valence-corrected chi connectivity index (χ0v) is 9.98. The highest BCUT2D eigenvalue weighted by Crippen LogP contribution is 2.18. The number of hydrogen-bond acceptors (Lipinski definition) is 6. The molecule has 8 nitrogen and oxygen atoms in total. The van der Waals surface area contributed by atoms with E-state index in [1.165, 1.54) is 31.4 Å². The van der Waals surface area contributed by atoms with Gasteiger partial charge < -0.3 is 25.2 Å². The van der Waals surface area contributed by atoms with E-state index in [-0.39, 0.29) is 11.5 Å². The number of carboxylic acid groups (broad SMARTS) is 1. The van der Waals surface area contributed by atoms with Gasteiger partial charge in [-0.25, -0.2) is 9.59 Å². The molecule has 1 atom stereocenters. The third-order valence-corrected chi connectivity index (χ3v) is 1.85. The maximum atomic E-state index is 10.9. The number of nitrogens with zero attached hydrogens (tertiary/aromatic N) is 1. The van der Waals surface area contributed by atoms with Gasteiger partial charge in [0.2, 0.25) is 6.10 Å². The second-order valence-electron chi connectivity index (χ2n) is 3.21. The van der Waals surface area contributed by atoms with E-state index in [9.17, 15) is 9.59 Å². The molecule has 0 heterocycles. The zero-order valence-electron chi connectivity index (χ0n) is 9.98. The van der Waals surface area contributed by atoms with Crippen LogP contribution in [0, 0.1) is 0 Å². The summed E-state index contributed by atoms with van der Waals surface area (Å²) in [6, 6.07) is 5.67. The van der Waals surface area contributed by atoms with Crippen LogP contribution in [-0.4, -0.2) is 36.6 Å². The normalized spacial score (nSPS) is 11.8. The number of primary amides is 1. The van der Waals surface area contributed by atoms with Crippen molar-refractivity contribution >= 4 is 18.3 Å². The van der Waals surface area contributed by atoms with Gasteiger partial charge in [-0.05, 0) is 24.3 Å². The van der Waals surface area contributed by atoms with Crippen molar-refractivity contribution in [2.24, 2.45) is 10.9 Å². The standard InChI is InChI=1S/C11H12N2O6/c1-17-13-6-9(10(14)15)18-7-2-4-8(5-3-7)19-11(12)16/h2-6,9H,1H3,(H2,12,16)(H,14,15). The number of benzene rings is 1. The van der Waals surface area contributed by atoms with Crippen molar-refractivity contribution in [3.8, 4) is 11.5 Å². The summed E-state index contributed by atoms with van der Waals surface area (Å²) in [7, 11) is 1.28. The van der Waals surface area contributed by atoms with E-state index >= 15 is 0 Å². The molecule has 8 heteroatoms. The molecular formula is C11H12N2O6. The molecule has 0 aliphatic rings. The summed E-state index contributed by atoms with van der Waals surface area (Å²) in [6.07, 6.45) is -1.23. The fourth-order valence-electron chi connectivity index (χ4n) is 1.11. The SMILES string of the molecule is CON=CC(Oc1ccc(OC(N)=O)cc1)C(=O)O. The smallest absolute Gasteiger partial charge is 0.409 e. The Morgan fingerprint density at radius 1 is 1.32 bits per heavy atom. The largest absolute Gasteiger partial charge is 0.478 e. The summed E-state index contributed by atoms with van der Waals surface area (Å²) < 4.78 is 9.74. The first-order valence-electron chi connectivity index (χ1n) is 5.06. The first kappa shape index (κ1) is 14.3. The lowest BCUT2D eigenvalue weighted by molar-refractivity contribution is -0.141. The molecule has 0 spiro atoms. The van der Waals surface area contributed by atoms with Gasteiger partial charge in [0.05, 0.1) is 6.21 Å². The van der Waals surface area contributed by atoms with Crippen LogP contribution in [0.2, 0.25) is 0 Å². The summed E-state index contributed by atoms with van der Waals surface area (Å²) in [5.74, 6) is -0.748. The van der Waals surface area contributed by atoms with Crippen LogP contribution in [0.5, 0.6) is 11.5 Å². The third-order valence-electron chi connectivity index (χ3n) is 1.85. The number of amides is 1. The second kappa shape index (κ2) is 6.84. The molecule has 102 valence electrons. The van der Waals surface area contributed by atoms with E-state index in [0.29, 0.717) is 0 Å². The molecule has 0 radical (unpaired) electrons. The van der Waals surface area contributed by atoms with Crippen LogP contribution >= 0.6 is 0 Å². The molecule has 0 aliphatic carbocycles. The number of nitrogens with two attached hydrogens (primary N) is 1. The van der Waals surface area contributed by atoms with Crippen LogP contribution in [0.3, 0.4) is 0 Å². The van der Waals surface area contributed by atoms with E-state index in [1.807, 2.05) is 0 Å². The van der Waals surface area contributed by atoms with Gasteiger partial charge >= 0.3 is 12.1 Å². The molecule has 19 heavy (non-hydrogen) atoms. The molecule has 1 amide bonds. The molecule has 0 saturated heterocycles. The molecule has 3 N–H and O–H groups in total. The second-order valence-corrected chi connectivity index (χ2v) is 3.21. The summed E-state index contributed by atoms with van der Waals surface area (Å²) >= 11 is 0. The average Bonchev–Trinajstić information content (AvgIpc) is 2.35. The fraction of sp³-hybridized carbons (Fsp3) is 0.182.